The maximum Gasteiger partial charge on any atom is 0.277 e. The van der Waals surface area contributed by atoms with Gasteiger partial charge in [0.05, 0.1) is 11.6 Å². The van der Waals surface area contributed by atoms with Crippen LogP contribution in [0.3, 0.4) is 0 Å². The van der Waals surface area contributed by atoms with Crippen LogP contribution >= 0.6 is 0 Å². The van der Waals surface area contributed by atoms with Gasteiger partial charge in [-0.1, -0.05) is 55.8 Å². The van der Waals surface area contributed by atoms with Gasteiger partial charge in [0.2, 0.25) is 5.95 Å². The third-order valence-corrected chi connectivity index (χ3v) is 5.19. The number of piperazine rings is 1. The summed E-state index contributed by atoms with van der Waals surface area (Å²) in [6.07, 6.45) is 8.72. The molecular weight excluding hydrogens is 422 g/mol. The number of unbranched alkanes of at least 4 members (excludes halogenated alkanes) is 1. The minimum atomic E-state index is -0.647. The van der Waals surface area contributed by atoms with Crippen LogP contribution in [0.25, 0.3) is 6.08 Å². The summed E-state index contributed by atoms with van der Waals surface area (Å²) in [6.45, 7) is 6.76. The first-order chi connectivity index (χ1) is 16.0. The van der Waals surface area contributed by atoms with Crippen LogP contribution in [0.2, 0.25) is 0 Å². The lowest BCUT2D eigenvalue weighted by Gasteiger charge is -2.37. The molecule has 0 bridgehead atoms. The number of ketones is 1. The lowest BCUT2D eigenvalue weighted by Crippen LogP contribution is -2.52. The first-order valence-corrected chi connectivity index (χ1v) is 11.1. The Balaban J connectivity index is 0.000000696. The summed E-state index contributed by atoms with van der Waals surface area (Å²) < 4.78 is 0. The molecule has 3 rings (SSSR count). The zero-order valence-electron chi connectivity index (χ0n) is 19.2. The number of nitrogens with zero attached hydrogens (tertiary/aromatic N) is 4. The number of carbonyl (C=O) groups excluding carboxylic acids is 2. The van der Waals surface area contributed by atoms with E-state index in [1.807, 2.05) is 47.4 Å². The van der Waals surface area contributed by atoms with Crippen molar-refractivity contribution in [1.82, 2.24) is 20.3 Å². The second kappa shape index (κ2) is 14.1. The zero-order chi connectivity index (χ0) is 24.1. The molecule has 0 spiro atoms. The van der Waals surface area contributed by atoms with E-state index in [2.05, 4.69) is 21.8 Å². The molecule has 9 nitrogen and oxygen atoms in total. The van der Waals surface area contributed by atoms with Gasteiger partial charge in [0.1, 0.15) is 0 Å². The number of aromatic nitrogens is 2. The molecule has 0 radical (unpaired) electrons. The number of carbonyl (C=O) groups is 2. The van der Waals surface area contributed by atoms with Gasteiger partial charge in [-0.3, -0.25) is 19.7 Å². The van der Waals surface area contributed by atoms with Gasteiger partial charge in [-0.2, -0.15) is 0 Å². The molecule has 1 aliphatic heterocycles. The fraction of sp³-hybridized carbons (Fsp3) is 0.417. The predicted molar refractivity (Wildman–Crippen MR) is 127 cm³/mol. The molecular formula is C24H33N5O4. The number of Topliss-reactive ketones (excluding diaryl/α,β-unsaturated/α-hetero) is 1. The van der Waals surface area contributed by atoms with Gasteiger partial charge < -0.3 is 10.0 Å². The van der Waals surface area contributed by atoms with E-state index >= 15 is 0 Å². The highest BCUT2D eigenvalue weighted by Gasteiger charge is 2.26. The van der Waals surface area contributed by atoms with Crippen molar-refractivity contribution in [2.24, 2.45) is 0 Å². The Bertz CT molecular complexity index is 879. The van der Waals surface area contributed by atoms with E-state index in [1.165, 1.54) is 12.4 Å². The number of hydrogen-bond acceptors (Lipinski definition) is 8. The quantitative estimate of drug-likeness (QED) is 0.409. The van der Waals surface area contributed by atoms with Gasteiger partial charge in [-0.05, 0) is 18.9 Å². The molecule has 1 saturated heterocycles. The Morgan fingerprint density at radius 1 is 1.12 bits per heavy atom. The Kier molecular flexibility index (Phi) is 11.2. The second-order valence-corrected chi connectivity index (χ2v) is 7.64. The van der Waals surface area contributed by atoms with E-state index in [1.54, 1.807) is 12.4 Å². The molecule has 1 aromatic carbocycles. The summed E-state index contributed by atoms with van der Waals surface area (Å²) in [5, 5.41) is 16.7. The van der Waals surface area contributed by atoms with Crippen LogP contribution in [0.1, 0.15) is 42.6 Å². The Labute approximate surface area is 194 Å². The number of rotatable bonds is 8. The lowest BCUT2D eigenvalue weighted by atomic mass is 10.1. The van der Waals surface area contributed by atoms with Gasteiger partial charge in [0, 0.05) is 45.2 Å². The van der Waals surface area contributed by atoms with Gasteiger partial charge in [0.15, 0.2) is 5.78 Å². The van der Waals surface area contributed by atoms with Crippen molar-refractivity contribution in [2.45, 2.75) is 32.7 Å². The van der Waals surface area contributed by atoms with Gasteiger partial charge in [-0.15, -0.1) is 0 Å². The first kappa shape index (κ1) is 26.1. The summed E-state index contributed by atoms with van der Waals surface area (Å²) >= 11 is 0. The highest BCUT2D eigenvalue weighted by atomic mass is 16.5. The highest BCUT2D eigenvalue weighted by Crippen LogP contribution is 2.15. The van der Waals surface area contributed by atoms with Crippen molar-refractivity contribution in [2.75, 3.05) is 37.7 Å². The molecule has 0 aliphatic carbocycles. The van der Waals surface area contributed by atoms with Crippen LogP contribution in [-0.4, -0.2) is 75.7 Å². The first-order valence-electron chi connectivity index (χ1n) is 11.1. The summed E-state index contributed by atoms with van der Waals surface area (Å²) in [4.78, 5) is 36.0. The molecule has 1 unspecified atom stereocenters. The predicted octanol–water partition coefficient (Wildman–Crippen LogP) is 2.17. The molecule has 33 heavy (non-hydrogen) atoms. The van der Waals surface area contributed by atoms with E-state index in [0.29, 0.717) is 38.7 Å². The fourth-order valence-corrected chi connectivity index (χ4v) is 3.31. The van der Waals surface area contributed by atoms with Crippen molar-refractivity contribution in [1.29, 1.82) is 0 Å². The smallest absolute Gasteiger partial charge is 0.277 e. The topological polar surface area (TPSA) is 119 Å². The van der Waals surface area contributed by atoms with Gasteiger partial charge in [0.25, 0.3) is 5.91 Å². The third kappa shape index (κ3) is 8.38. The Morgan fingerprint density at radius 2 is 1.76 bits per heavy atom. The van der Waals surface area contributed by atoms with Crippen molar-refractivity contribution in [3.8, 4) is 0 Å². The molecule has 1 aromatic heterocycles. The van der Waals surface area contributed by atoms with Crippen molar-refractivity contribution in [3.63, 3.8) is 0 Å². The largest absolute Gasteiger partial charge is 0.396 e. The molecule has 2 heterocycles. The number of amides is 1. The minimum absolute atomic E-state index is 0.108. The van der Waals surface area contributed by atoms with Crippen LogP contribution in [0.4, 0.5) is 5.95 Å². The maximum absolute atomic E-state index is 12.2. The number of anilines is 1. The van der Waals surface area contributed by atoms with E-state index in [-0.39, 0.29) is 17.4 Å². The summed E-state index contributed by atoms with van der Waals surface area (Å²) in [7, 11) is 0. The molecule has 1 aliphatic rings. The molecule has 1 atom stereocenters. The molecule has 0 saturated carbocycles. The monoisotopic (exact) mass is 455 g/mol. The summed E-state index contributed by atoms with van der Waals surface area (Å²) in [5.41, 5.74) is 2.81. The molecule has 1 amide bonds. The molecule has 3 N–H and O–H groups in total. The van der Waals surface area contributed by atoms with Gasteiger partial charge in [-0.25, -0.2) is 15.4 Å². The van der Waals surface area contributed by atoms with Crippen LogP contribution in [0, 0.1) is 0 Å². The Hall–Kier alpha value is -3.14. The number of hydrogen-bond donors (Lipinski definition) is 3. The molecule has 178 valence electrons. The average Bonchev–Trinajstić information content (AvgIpc) is 2.85. The molecule has 1 fully saturated rings. The number of aliphatic hydroxyl groups excluding tert-OH is 1. The molecule has 2 aromatic rings. The number of aliphatic hydroxyl groups is 1. The van der Waals surface area contributed by atoms with Crippen LogP contribution in [0.15, 0.2) is 48.8 Å². The van der Waals surface area contributed by atoms with Crippen molar-refractivity contribution in [3.05, 3.63) is 59.9 Å². The number of nitrogens with one attached hydrogen (secondary N) is 1. The SMILES string of the molecule is CC(=O)C(/C=C/c1ccccc1)N1CCN(c2ncc(C(=O)NO)cn2)CC1.CCCCO. The number of hydroxylamine groups is 1. The Morgan fingerprint density at radius 3 is 2.24 bits per heavy atom. The van der Waals surface area contributed by atoms with E-state index in [0.717, 1.165) is 18.4 Å². The zero-order valence-corrected chi connectivity index (χ0v) is 19.2. The van der Waals surface area contributed by atoms with E-state index < -0.39 is 5.91 Å². The number of benzene rings is 1. The normalized spacial score (nSPS) is 15.0. The van der Waals surface area contributed by atoms with Crippen LogP contribution in [-0.2, 0) is 4.79 Å². The van der Waals surface area contributed by atoms with Crippen molar-refractivity contribution < 1.29 is 19.9 Å². The summed E-state index contributed by atoms with van der Waals surface area (Å²) in [6, 6.07) is 9.64. The van der Waals surface area contributed by atoms with E-state index in [9.17, 15) is 9.59 Å². The average molecular weight is 456 g/mol. The van der Waals surface area contributed by atoms with Gasteiger partial charge >= 0.3 is 0 Å². The lowest BCUT2D eigenvalue weighted by molar-refractivity contribution is -0.120. The minimum Gasteiger partial charge on any atom is -0.396 e. The fourth-order valence-electron chi connectivity index (χ4n) is 3.31. The van der Waals surface area contributed by atoms with E-state index in [4.69, 9.17) is 10.3 Å². The van der Waals surface area contributed by atoms with Crippen molar-refractivity contribution >= 4 is 23.7 Å². The second-order valence-electron chi connectivity index (χ2n) is 7.64. The van der Waals surface area contributed by atoms with Crippen LogP contribution in [0.5, 0.6) is 0 Å². The summed E-state index contributed by atoms with van der Waals surface area (Å²) in [5.74, 6) is -0.0181. The maximum atomic E-state index is 12.2. The standard InChI is InChI=1S/C20H23N5O3.C4H10O/c1-15(26)18(8-7-16-5-3-2-4-6-16)24-9-11-25(12-10-24)20-21-13-17(14-22-20)19(27)23-28;1-2-3-4-5/h2-8,13-14,18,28H,9-12H2,1H3,(H,23,27);5H,2-4H2,1H3/b8-7+;. The highest BCUT2D eigenvalue weighted by molar-refractivity contribution is 5.92. The van der Waals surface area contributed by atoms with Crippen LogP contribution < -0.4 is 10.4 Å². The third-order valence-electron chi connectivity index (χ3n) is 5.19. The molecule has 9 heteroatoms.